The minimum Gasteiger partial charge on any atom is -0.389 e. The van der Waals surface area contributed by atoms with Gasteiger partial charge < -0.3 is 5.11 Å². The number of hydrogen-bond acceptors (Lipinski definition) is 3. The van der Waals surface area contributed by atoms with E-state index >= 15 is 0 Å². The largest absolute Gasteiger partial charge is 0.419 e. The van der Waals surface area contributed by atoms with Crippen molar-refractivity contribution >= 4 is 0 Å². The molecule has 96 valence electrons. The topological polar surface area (TPSA) is 50.9 Å². The molecule has 0 fully saturated rings. The summed E-state index contributed by atoms with van der Waals surface area (Å²) in [5, 5.41) is 13.0. The van der Waals surface area contributed by atoms with E-state index in [0.717, 1.165) is 17.1 Å². The summed E-state index contributed by atoms with van der Waals surface area (Å²) in [5.74, 6) is 0.226. The molecule has 0 radical (unpaired) electrons. The lowest BCUT2D eigenvalue weighted by Gasteiger charge is -2.06. The minimum atomic E-state index is -4.43. The zero-order chi connectivity index (χ0) is 13.3. The molecule has 2 rings (SSSR count). The third-order valence-electron chi connectivity index (χ3n) is 2.40. The maximum atomic E-state index is 12.4. The quantitative estimate of drug-likeness (QED) is 0.898. The number of aliphatic hydroxyl groups excluding tert-OH is 1. The van der Waals surface area contributed by atoms with Crippen LogP contribution in [-0.2, 0) is 6.18 Å². The first-order chi connectivity index (χ1) is 8.38. The average Bonchev–Trinajstić information content (AvgIpc) is 2.78. The van der Waals surface area contributed by atoms with Crippen LogP contribution in [0.25, 0.3) is 5.82 Å². The summed E-state index contributed by atoms with van der Waals surface area (Å²) in [6.07, 6.45) is -2.15. The van der Waals surface area contributed by atoms with Crippen molar-refractivity contribution in [3.63, 3.8) is 0 Å². The highest BCUT2D eigenvalue weighted by molar-refractivity contribution is 5.29. The summed E-state index contributed by atoms with van der Waals surface area (Å²) in [6.45, 7) is 1.56. The predicted molar refractivity (Wildman–Crippen MR) is 57.0 cm³/mol. The Balaban J connectivity index is 2.37. The summed E-state index contributed by atoms with van der Waals surface area (Å²) in [6, 6.07) is 3.07. The molecule has 0 aromatic carbocycles. The lowest BCUT2D eigenvalue weighted by Crippen LogP contribution is -2.04. The predicted octanol–water partition coefficient (Wildman–Crippen LogP) is 2.34. The lowest BCUT2D eigenvalue weighted by molar-refractivity contribution is -0.137. The van der Waals surface area contributed by atoms with Gasteiger partial charge in [0.2, 0.25) is 0 Å². The van der Waals surface area contributed by atoms with Crippen molar-refractivity contribution in [3.8, 4) is 5.82 Å². The van der Waals surface area contributed by atoms with Gasteiger partial charge in [-0.25, -0.2) is 9.67 Å². The Morgan fingerprint density at radius 1 is 1.39 bits per heavy atom. The Bertz CT molecular complexity index is 548. The molecule has 1 N–H and O–H groups in total. The second kappa shape index (κ2) is 4.41. The highest BCUT2D eigenvalue weighted by atomic mass is 19.4. The number of aromatic nitrogens is 3. The number of alkyl halides is 3. The van der Waals surface area contributed by atoms with Crippen LogP contribution in [0.3, 0.4) is 0 Å². The Kier molecular flexibility index (Phi) is 3.08. The van der Waals surface area contributed by atoms with Gasteiger partial charge in [0.15, 0.2) is 5.82 Å². The van der Waals surface area contributed by atoms with Crippen molar-refractivity contribution in [1.29, 1.82) is 0 Å². The zero-order valence-electron chi connectivity index (χ0n) is 9.39. The molecule has 0 aliphatic heterocycles. The van der Waals surface area contributed by atoms with Crippen molar-refractivity contribution in [2.24, 2.45) is 0 Å². The van der Waals surface area contributed by atoms with Crippen LogP contribution in [0.1, 0.15) is 24.2 Å². The van der Waals surface area contributed by atoms with Gasteiger partial charge in [-0.05, 0) is 24.6 Å². The number of rotatable bonds is 2. The van der Waals surface area contributed by atoms with Crippen LogP contribution in [0, 0.1) is 0 Å². The summed E-state index contributed by atoms with van der Waals surface area (Å²) >= 11 is 0. The maximum Gasteiger partial charge on any atom is 0.419 e. The highest BCUT2D eigenvalue weighted by Gasteiger charge is 2.32. The van der Waals surface area contributed by atoms with E-state index in [1.165, 1.54) is 12.3 Å². The van der Waals surface area contributed by atoms with E-state index in [4.69, 9.17) is 0 Å². The van der Waals surface area contributed by atoms with Gasteiger partial charge >= 0.3 is 6.18 Å². The fourth-order valence-electron chi connectivity index (χ4n) is 1.41. The van der Waals surface area contributed by atoms with Gasteiger partial charge in [-0.2, -0.15) is 18.3 Å². The van der Waals surface area contributed by atoms with Gasteiger partial charge in [0.1, 0.15) is 0 Å². The van der Waals surface area contributed by atoms with E-state index in [9.17, 15) is 18.3 Å². The summed E-state index contributed by atoms with van der Waals surface area (Å²) in [7, 11) is 0. The molecule has 0 aliphatic carbocycles. The van der Waals surface area contributed by atoms with E-state index < -0.39 is 17.8 Å². The molecule has 0 saturated heterocycles. The van der Waals surface area contributed by atoms with E-state index in [-0.39, 0.29) is 5.82 Å². The Hall–Kier alpha value is -1.89. The SMILES string of the molecule is CC(O)c1ccnc(-n2cc(C(F)(F)F)cn2)c1. The van der Waals surface area contributed by atoms with Crippen LogP contribution in [0.2, 0.25) is 0 Å². The minimum absolute atomic E-state index is 0.226. The van der Waals surface area contributed by atoms with Crippen molar-refractivity contribution in [2.75, 3.05) is 0 Å². The fraction of sp³-hybridized carbons (Fsp3) is 0.273. The molecule has 0 aliphatic rings. The number of aliphatic hydroxyl groups is 1. The first-order valence-corrected chi connectivity index (χ1v) is 5.14. The van der Waals surface area contributed by atoms with Gasteiger partial charge in [0, 0.05) is 12.4 Å². The van der Waals surface area contributed by atoms with Crippen LogP contribution in [0.5, 0.6) is 0 Å². The molecule has 2 heterocycles. The number of nitrogens with zero attached hydrogens (tertiary/aromatic N) is 3. The third kappa shape index (κ3) is 2.51. The van der Waals surface area contributed by atoms with Gasteiger partial charge in [0.05, 0.1) is 17.9 Å². The summed E-state index contributed by atoms with van der Waals surface area (Å²) in [4.78, 5) is 3.91. The normalized spacial score (nSPS) is 13.6. The highest BCUT2D eigenvalue weighted by Crippen LogP contribution is 2.29. The van der Waals surface area contributed by atoms with Crippen molar-refractivity contribution in [1.82, 2.24) is 14.8 Å². The first-order valence-electron chi connectivity index (χ1n) is 5.14. The van der Waals surface area contributed by atoms with Gasteiger partial charge in [-0.15, -0.1) is 0 Å². The Morgan fingerprint density at radius 2 is 2.11 bits per heavy atom. The van der Waals surface area contributed by atoms with Crippen molar-refractivity contribution in [3.05, 3.63) is 41.9 Å². The first kappa shape index (κ1) is 12.6. The van der Waals surface area contributed by atoms with Gasteiger partial charge in [0.25, 0.3) is 0 Å². The van der Waals surface area contributed by atoms with Gasteiger partial charge in [-0.3, -0.25) is 0 Å². The second-order valence-electron chi connectivity index (χ2n) is 3.79. The van der Waals surface area contributed by atoms with Crippen LogP contribution in [0.4, 0.5) is 13.2 Å². The smallest absolute Gasteiger partial charge is 0.389 e. The Morgan fingerprint density at radius 3 is 2.67 bits per heavy atom. The molecule has 2 aromatic rings. The fourth-order valence-corrected chi connectivity index (χ4v) is 1.41. The molecule has 1 atom stereocenters. The zero-order valence-corrected chi connectivity index (χ0v) is 9.39. The Labute approximate surface area is 101 Å². The molecule has 0 bridgehead atoms. The molecular weight excluding hydrogens is 247 g/mol. The number of halogens is 3. The molecule has 0 saturated carbocycles. The molecule has 4 nitrogen and oxygen atoms in total. The van der Waals surface area contributed by atoms with Crippen molar-refractivity contribution < 1.29 is 18.3 Å². The summed E-state index contributed by atoms with van der Waals surface area (Å²) in [5.41, 5.74) is -0.282. The third-order valence-corrected chi connectivity index (χ3v) is 2.40. The van der Waals surface area contributed by atoms with Crippen LogP contribution < -0.4 is 0 Å². The average molecular weight is 257 g/mol. The molecule has 1 unspecified atom stereocenters. The van der Waals surface area contributed by atoms with E-state index in [1.807, 2.05) is 0 Å². The van der Waals surface area contributed by atoms with E-state index in [2.05, 4.69) is 10.1 Å². The lowest BCUT2D eigenvalue weighted by atomic mass is 10.2. The van der Waals surface area contributed by atoms with Crippen molar-refractivity contribution in [2.45, 2.75) is 19.2 Å². The van der Waals surface area contributed by atoms with E-state index in [0.29, 0.717) is 5.56 Å². The second-order valence-corrected chi connectivity index (χ2v) is 3.79. The monoisotopic (exact) mass is 257 g/mol. The van der Waals surface area contributed by atoms with Crippen LogP contribution >= 0.6 is 0 Å². The van der Waals surface area contributed by atoms with Gasteiger partial charge in [-0.1, -0.05) is 0 Å². The standard InChI is InChI=1S/C11H10F3N3O/c1-7(18)8-2-3-15-10(4-8)17-6-9(5-16-17)11(12,13)14/h2-7,18H,1H3. The maximum absolute atomic E-state index is 12.4. The van der Waals surface area contributed by atoms with E-state index in [1.54, 1.807) is 13.0 Å². The van der Waals surface area contributed by atoms with Crippen LogP contribution in [-0.4, -0.2) is 19.9 Å². The van der Waals surface area contributed by atoms with Crippen LogP contribution in [0.15, 0.2) is 30.7 Å². The molecule has 2 aromatic heterocycles. The molecule has 0 spiro atoms. The molecule has 18 heavy (non-hydrogen) atoms. The number of hydrogen-bond donors (Lipinski definition) is 1. The summed E-state index contributed by atoms with van der Waals surface area (Å²) < 4.78 is 38.3. The molecule has 7 heteroatoms. The molecule has 0 amide bonds. The number of pyridine rings is 1. The molecular formula is C11H10F3N3O.